The van der Waals surface area contributed by atoms with Gasteiger partial charge in [-0.25, -0.2) is 4.98 Å². The van der Waals surface area contributed by atoms with E-state index in [0.717, 1.165) is 12.9 Å². The molecule has 56 valence electrons. The Morgan fingerprint density at radius 2 is 2.09 bits per heavy atom. The Hall–Kier alpha value is 0.0800. The van der Waals surface area contributed by atoms with E-state index in [1.807, 2.05) is 6.07 Å². The third-order valence-corrected chi connectivity index (χ3v) is 2.56. The second kappa shape index (κ2) is 2.85. The summed E-state index contributed by atoms with van der Waals surface area (Å²) in [4.78, 5) is 8.28. The quantitative estimate of drug-likeness (QED) is 0.405. The molecule has 3 nitrogen and oxygen atoms in total. The lowest BCUT2D eigenvalue weighted by Gasteiger charge is -1.91. The predicted octanol–water partition coefficient (Wildman–Crippen LogP) is 2.43. The molecule has 2 aromatic heterocycles. The van der Waals surface area contributed by atoms with Crippen LogP contribution in [0.1, 0.15) is 0 Å². The Balaban J connectivity index is 2.91. The minimum Gasteiger partial charge on any atom is -0.446 e. The lowest BCUT2D eigenvalue weighted by Crippen LogP contribution is -1.89. The zero-order chi connectivity index (χ0) is 7.84. The largest absolute Gasteiger partial charge is 0.446 e. The van der Waals surface area contributed by atoms with Crippen LogP contribution in [-0.4, -0.2) is 9.97 Å². The fourth-order valence-corrected chi connectivity index (χ4v) is 2.36. The van der Waals surface area contributed by atoms with Crippen LogP contribution in [0, 0.1) is 7.53 Å². The van der Waals surface area contributed by atoms with Crippen molar-refractivity contribution in [1.82, 2.24) is 9.97 Å². The van der Waals surface area contributed by atoms with Crippen molar-refractivity contribution >= 4 is 56.3 Å². The van der Waals surface area contributed by atoms with Crippen LogP contribution in [0.25, 0.3) is 11.1 Å². The van der Waals surface area contributed by atoms with Gasteiger partial charge >= 0.3 is 0 Å². The third kappa shape index (κ3) is 1.35. The van der Waals surface area contributed by atoms with E-state index in [0.29, 0.717) is 5.71 Å². The second-order valence-electron chi connectivity index (χ2n) is 1.92. The van der Waals surface area contributed by atoms with Crippen molar-refractivity contribution in [2.45, 2.75) is 0 Å². The van der Waals surface area contributed by atoms with E-state index < -0.39 is 0 Å². The van der Waals surface area contributed by atoms with Gasteiger partial charge < -0.3 is 4.42 Å². The number of rotatable bonds is 0. The Bertz CT molecular complexity index is 398. The molecule has 0 aliphatic carbocycles. The average molecular weight is 372 g/mol. The van der Waals surface area contributed by atoms with Crippen LogP contribution in [0.5, 0.6) is 0 Å². The van der Waals surface area contributed by atoms with E-state index >= 15 is 0 Å². The van der Waals surface area contributed by atoms with Crippen molar-refractivity contribution in [2.24, 2.45) is 0 Å². The molecule has 2 heterocycles. The molecule has 0 N–H and O–H groups in total. The summed E-state index contributed by atoms with van der Waals surface area (Å²) in [6.45, 7) is 0. The van der Waals surface area contributed by atoms with Crippen LogP contribution in [-0.2, 0) is 0 Å². The number of nitrogens with zero attached hydrogens (tertiary/aromatic N) is 2. The van der Waals surface area contributed by atoms with Crippen LogP contribution >= 0.6 is 45.2 Å². The number of halogens is 2. The van der Waals surface area contributed by atoms with Crippen LogP contribution in [0.2, 0.25) is 0 Å². The number of hydrogen-bond acceptors (Lipinski definition) is 3. The summed E-state index contributed by atoms with van der Waals surface area (Å²) >= 11 is 4.23. The molecule has 5 heteroatoms. The summed E-state index contributed by atoms with van der Waals surface area (Å²) in [5, 5.41) is 0.978. The first kappa shape index (κ1) is 7.71. The van der Waals surface area contributed by atoms with Gasteiger partial charge in [-0.05, 0) is 28.7 Å². The molecule has 0 fully saturated rings. The maximum absolute atomic E-state index is 5.12. The van der Waals surface area contributed by atoms with Gasteiger partial charge in [0, 0.05) is 22.6 Å². The molecule has 0 atom stereocenters. The van der Waals surface area contributed by atoms with E-state index in [1.54, 1.807) is 6.26 Å². The molecule has 0 radical (unpaired) electrons. The molecular weight excluding hydrogens is 370 g/mol. The number of furan rings is 1. The highest BCUT2D eigenvalue weighted by Gasteiger charge is 2.04. The minimum absolute atomic E-state index is 0.661. The fraction of sp³-hybridized carbons (Fsp3) is 0. The molecule has 2 rings (SSSR count). The molecule has 0 aromatic carbocycles. The number of hydrogen-bond donors (Lipinski definition) is 0. The van der Waals surface area contributed by atoms with Crippen molar-refractivity contribution in [1.29, 1.82) is 0 Å². The van der Waals surface area contributed by atoms with Gasteiger partial charge in [-0.1, -0.05) is 0 Å². The Labute approximate surface area is 89.9 Å². The minimum atomic E-state index is 0.661. The van der Waals surface area contributed by atoms with Gasteiger partial charge in [0.15, 0.2) is 3.83 Å². The van der Waals surface area contributed by atoms with Crippen molar-refractivity contribution in [3.63, 3.8) is 0 Å². The van der Waals surface area contributed by atoms with Crippen LogP contribution in [0.4, 0.5) is 0 Å². The maximum atomic E-state index is 5.12. The topological polar surface area (TPSA) is 38.9 Å². The van der Waals surface area contributed by atoms with Gasteiger partial charge in [0.25, 0.3) is 0 Å². The highest BCUT2D eigenvalue weighted by Crippen LogP contribution is 2.18. The Morgan fingerprint density at radius 3 is 2.91 bits per heavy atom. The first-order chi connectivity index (χ1) is 5.27. The van der Waals surface area contributed by atoms with Crippen LogP contribution < -0.4 is 0 Å². The molecule has 0 saturated heterocycles. The van der Waals surface area contributed by atoms with Gasteiger partial charge in [0.05, 0.1) is 11.6 Å². The van der Waals surface area contributed by atoms with Gasteiger partial charge in [-0.2, -0.15) is 4.98 Å². The first-order valence-corrected chi connectivity index (χ1v) is 4.99. The van der Waals surface area contributed by atoms with Crippen molar-refractivity contribution in [3.05, 3.63) is 19.9 Å². The highest BCUT2D eigenvalue weighted by molar-refractivity contribution is 14.1. The summed E-state index contributed by atoms with van der Waals surface area (Å²) < 4.78 is 6.77. The highest BCUT2D eigenvalue weighted by atomic mass is 127. The van der Waals surface area contributed by atoms with Crippen molar-refractivity contribution < 1.29 is 4.42 Å². The van der Waals surface area contributed by atoms with E-state index in [2.05, 4.69) is 55.1 Å². The zero-order valence-corrected chi connectivity index (χ0v) is 9.53. The first-order valence-electron chi connectivity index (χ1n) is 2.83. The standard InChI is InChI=1S/C6H2I2N2O/c7-4-3-1-2-11-5(3)10-6(8)9-4/h1-2H. The molecule has 0 aliphatic rings. The smallest absolute Gasteiger partial charge is 0.230 e. The summed E-state index contributed by atoms with van der Waals surface area (Å²) in [7, 11) is 0. The summed E-state index contributed by atoms with van der Waals surface area (Å²) in [5.41, 5.74) is 0.661. The Kier molecular flexibility index (Phi) is 2.00. The molecule has 0 unspecified atom stereocenters. The molecular formula is C6H2I2N2O. The van der Waals surface area contributed by atoms with Crippen molar-refractivity contribution in [2.75, 3.05) is 0 Å². The van der Waals surface area contributed by atoms with Gasteiger partial charge in [0.2, 0.25) is 5.71 Å². The molecule has 0 spiro atoms. The molecule has 0 saturated carbocycles. The third-order valence-electron chi connectivity index (χ3n) is 1.25. The number of fused-ring (bicyclic) bond motifs is 1. The van der Waals surface area contributed by atoms with E-state index in [-0.39, 0.29) is 0 Å². The van der Waals surface area contributed by atoms with Crippen molar-refractivity contribution in [3.8, 4) is 0 Å². The lowest BCUT2D eigenvalue weighted by atomic mass is 10.4. The maximum Gasteiger partial charge on any atom is 0.230 e. The summed E-state index contributed by atoms with van der Waals surface area (Å²) in [6, 6.07) is 1.87. The van der Waals surface area contributed by atoms with E-state index in [4.69, 9.17) is 4.42 Å². The number of aromatic nitrogens is 2. The second-order valence-corrected chi connectivity index (χ2v) is 3.91. The molecule has 0 bridgehead atoms. The zero-order valence-electron chi connectivity index (χ0n) is 5.21. The molecule has 0 amide bonds. The lowest BCUT2D eigenvalue weighted by molar-refractivity contribution is 0.601. The summed E-state index contributed by atoms with van der Waals surface area (Å²) in [5.74, 6) is 0. The predicted molar refractivity (Wildman–Crippen MR) is 57.2 cm³/mol. The summed E-state index contributed by atoms with van der Waals surface area (Å²) in [6.07, 6.45) is 1.62. The fourth-order valence-electron chi connectivity index (χ4n) is 0.795. The van der Waals surface area contributed by atoms with E-state index in [9.17, 15) is 0 Å². The van der Waals surface area contributed by atoms with E-state index in [1.165, 1.54) is 0 Å². The van der Waals surface area contributed by atoms with Gasteiger partial charge in [-0.3, -0.25) is 0 Å². The SMILES string of the molecule is Ic1nc(I)c2ccoc2n1. The molecule has 2 aromatic rings. The average Bonchev–Trinajstić information content (AvgIpc) is 2.34. The van der Waals surface area contributed by atoms with Gasteiger partial charge in [0.1, 0.15) is 3.70 Å². The normalized spacial score (nSPS) is 10.7. The Morgan fingerprint density at radius 1 is 1.27 bits per heavy atom. The van der Waals surface area contributed by atoms with Crippen LogP contribution in [0.3, 0.4) is 0 Å². The molecule has 11 heavy (non-hydrogen) atoms. The monoisotopic (exact) mass is 372 g/mol. The van der Waals surface area contributed by atoms with Gasteiger partial charge in [-0.15, -0.1) is 0 Å². The van der Waals surface area contributed by atoms with Crippen LogP contribution in [0.15, 0.2) is 16.7 Å². The molecule has 0 aliphatic heterocycles.